The number of carbonyl (C=O) groups excluding carboxylic acids is 3. The second-order valence-corrected chi connectivity index (χ2v) is 4.00. The number of amides is 4. The minimum absolute atomic E-state index is 0.234. The van der Waals surface area contributed by atoms with E-state index in [1.165, 1.54) is 14.2 Å². The molecule has 0 saturated heterocycles. The monoisotopic (exact) mass is 310 g/mol. The number of halogens is 1. The number of hydroxylamine groups is 2. The Morgan fingerprint density at radius 3 is 2.50 bits per heavy atom. The van der Waals surface area contributed by atoms with E-state index in [1.807, 2.05) is 0 Å². The van der Waals surface area contributed by atoms with E-state index in [0.717, 1.165) is 5.06 Å². The Hall–Kier alpha value is -1.74. The van der Waals surface area contributed by atoms with Gasteiger partial charge in [-0.15, -0.1) is 11.6 Å². The van der Waals surface area contributed by atoms with Gasteiger partial charge in [-0.1, -0.05) is 0 Å². The smallest absolute Gasteiger partial charge is 0.405 e. The van der Waals surface area contributed by atoms with Crippen LogP contribution in [0.25, 0.3) is 0 Å². The number of nitrogens with one attached hydrogen (secondary N) is 2. The Morgan fingerprint density at radius 2 is 2.00 bits per heavy atom. The van der Waals surface area contributed by atoms with Crippen molar-refractivity contribution in [3.8, 4) is 0 Å². The number of carbonyl (C=O) groups is 3. The molecule has 0 aromatic heterocycles. The average molecular weight is 311 g/mol. The summed E-state index contributed by atoms with van der Waals surface area (Å²) in [6.07, 6.45) is -1.78. The summed E-state index contributed by atoms with van der Waals surface area (Å²) in [6.45, 7) is 0.158. The van der Waals surface area contributed by atoms with Gasteiger partial charge in [-0.25, -0.2) is 14.7 Å². The molecule has 4 N–H and O–H groups in total. The number of hydrogen-bond donors (Lipinski definition) is 3. The van der Waals surface area contributed by atoms with Crippen molar-refractivity contribution < 1.29 is 24.0 Å². The molecule has 0 aromatic rings. The van der Waals surface area contributed by atoms with Crippen molar-refractivity contribution in [3.63, 3.8) is 0 Å². The van der Waals surface area contributed by atoms with Crippen molar-refractivity contribution in [2.24, 2.45) is 5.73 Å². The van der Waals surface area contributed by atoms with E-state index in [4.69, 9.17) is 17.3 Å². The third kappa shape index (κ3) is 7.64. The highest BCUT2D eigenvalue weighted by Crippen LogP contribution is 1.98. The highest BCUT2D eigenvalue weighted by atomic mass is 35.5. The SMILES string of the molecule is CON(C)C(=O)[C@H](CNC(=O)NCCCCl)OC(N)=O. The van der Waals surface area contributed by atoms with Crippen LogP contribution in [0.1, 0.15) is 6.42 Å². The Bertz CT molecular complexity index is 342. The van der Waals surface area contributed by atoms with Crippen molar-refractivity contribution in [2.75, 3.05) is 33.1 Å². The van der Waals surface area contributed by atoms with Gasteiger partial charge in [-0.05, 0) is 6.42 Å². The molecular weight excluding hydrogens is 292 g/mol. The molecule has 9 nitrogen and oxygen atoms in total. The maximum Gasteiger partial charge on any atom is 0.405 e. The maximum atomic E-state index is 11.8. The minimum Gasteiger partial charge on any atom is -0.434 e. The number of rotatable bonds is 8. The van der Waals surface area contributed by atoms with Crippen LogP contribution >= 0.6 is 11.6 Å². The second-order valence-electron chi connectivity index (χ2n) is 3.62. The molecule has 0 fully saturated rings. The number of urea groups is 1. The summed E-state index contributed by atoms with van der Waals surface area (Å²) in [6, 6.07) is -0.513. The molecule has 0 radical (unpaired) electrons. The van der Waals surface area contributed by atoms with E-state index in [1.54, 1.807) is 0 Å². The van der Waals surface area contributed by atoms with Gasteiger partial charge >= 0.3 is 12.1 Å². The first-order chi connectivity index (χ1) is 9.42. The molecular formula is C10H19ClN4O5. The molecule has 0 unspecified atom stereocenters. The van der Waals surface area contributed by atoms with E-state index in [-0.39, 0.29) is 6.54 Å². The van der Waals surface area contributed by atoms with Gasteiger partial charge in [0, 0.05) is 19.5 Å². The number of nitrogens with zero attached hydrogens (tertiary/aromatic N) is 1. The van der Waals surface area contributed by atoms with E-state index >= 15 is 0 Å². The average Bonchev–Trinajstić information content (AvgIpc) is 2.41. The quantitative estimate of drug-likeness (QED) is 0.314. The number of nitrogens with two attached hydrogens (primary N) is 1. The lowest BCUT2D eigenvalue weighted by Crippen LogP contribution is -2.48. The van der Waals surface area contributed by atoms with Crippen LogP contribution in [-0.2, 0) is 14.4 Å². The van der Waals surface area contributed by atoms with Gasteiger partial charge in [0.2, 0.25) is 6.10 Å². The standard InChI is InChI=1S/C10H19ClN4O5/c1-15(19-2)8(16)7(20-9(12)17)6-14-10(18)13-5-3-4-11/h7H,3-6H2,1-2H3,(H2,12,17)(H2,13,14,18)/t7-/m0/s1. The van der Waals surface area contributed by atoms with Gasteiger partial charge < -0.3 is 21.1 Å². The predicted octanol–water partition coefficient (Wildman–Crippen LogP) is -0.602. The fourth-order valence-corrected chi connectivity index (χ4v) is 1.26. The lowest BCUT2D eigenvalue weighted by atomic mass is 10.3. The third-order valence-corrected chi connectivity index (χ3v) is 2.43. The number of hydrogen-bond acceptors (Lipinski definition) is 5. The molecule has 0 spiro atoms. The molecule has 10 heteroatoms. The molecule has 1 atom stereocenters. The first-order valence-electron chi connectivity index (χ1n) is 5.77. The Balaban J connectivity index is 4.33. The second kappa shape index (κ2) is 10.1. The Labute approximate surface area is 121 Å². The molecule has 0 saturated carbocycles. The van der Waals surface area contributed by atoms with Gasteiger partial charge in [0.05, 0.1) is 13.7 Å². The largest absolute Gasteiger partial charge is 0.434 e. The fraction of sp³-hybridized carbons (Fsp3) is 0.700. The summed E-state index contributed by atoms with van der Waals surface area (Å²) in [4.78, 5) is 38.5. The van der Waals surface area contributed by atoms with Crippen LogP contribution in [0.15, 0.2) is 0 Å². The summed E-state index contributed by atoms with van der Waals surface area (Å²) >= 11 is 5.46. The van der Waals surface area contributed by atoms with Crippen molar-refractivity contribution in [1.29, 1.82) is 0 Å². The van der Waals surface area contributed by atoms with Crippen molar-refractivity contribution in [2.45, 2.75) is 12.5 Å². The van der Waals surface area contributed by atoms with E-state index < -0.39 is 24.1 Å². The van der Waals surface area contributed by atoms with Gasteiger partial charge in [0.25, 0.3) is 5.91 Å². The number of alkyl halides is 1. The van der Waals surface area contributed by atoms with Crippen LogP contribution in [0.2, 0.25) is 0 Å². The lowest BCUT2D eigenvalue weighted by molar-refractivity contribution is -0.177. The van der Waals surface area contributed by atoms with Crippen LogP contribution in [0.5, 0.6) is 0 Å². The van der Waals surface area contributed by atoms with Crippen LogP contribution in [0, 0.1) is 0 Å². The molecule has 116 valence electrons. The first kappa shape index (κ1) is 18.3. The fourth-order valence-electron chi connectivity index (χ4n) is 1.13. The van der Waals surface area contributed by atoms with Gasteiger partial charge in [-0.2, -0.15) is 0 Å². The molecule has 0 heterocycles. The summed E-state index contributed by atoms with van der Waals surface area (Å²) < 4.78 is 4.62. The topological polar surface area (TPSA) is 123 Å². The highest BCUT2D eigenvalue weighted by Gasteiger charge is 2.26. The van der Waals surface area contributed by atoms with Crippen LogP contribution in [0.3, 0.4) is 0 Å². The summed E-state index contributed by atoms with van der Waals surface area (Å²) in [7, 11) is 2.60. The zero-order chi connectivity index (χ0) is 15.5. The van der Waals surface area contributed by atoms with E-state index in [9.17, 15) is 14.4 Å². The molecule has 0 aliphatic carbocycles. The Morgan fingerprint density at radius 1 is 1.35 bits per heavy atom. The Kier molecular flexibility index (Phi) is 9.22. The zero-order valence-corrected chi connectivity index (χ0v) is 12.1. The molecule has 0 aliphatic rings. The molecule has 0 aromatic carbocycles. The molecule has 20 heavy (non-hydrogen) atoms. The molecule has 0 bridgehead atoms. The van der Waals surface area contributed by atoms with E-state index in [0.29, 0.717) is 18.8 Å². The van der Waals surface area contributed by atoms with Gasteiger partial charge in [0.1, 0.15) is 0 Å². The van der Waals surface area contributed by atoms with Crippen LogP contribution in [0.4, 0.5) is 9.59 Å². The van der Waals surface area contributed by atoms with Gasteiger partial charge in [0.15, 0.2) is 0 Å². The highest BCUT2D eigenvalue weighted by molar-refractivity contribution is 6.17. The molecule has 0 aliphatic heterocycles. The third-order valence-electron chi connectivity index (χ3n) is 2.16. The zero-order valence-electron chi connectivity index (χ0n) is 11.3. The van der Waals surface area contributed by atoms with Crippen molar-refractivity contribution >= 4 is 29.6 Å². The van der Waals surface area contributed by atoms with Crippen molar-refractivity contribution in [1.82, 2.24) is 15.7 Å². The van der Waals surface area contributed by atoms with Crippen molar-refractivity contribution in [3.05, 3.63) is 0 Å². The first-order valence-corrected chi connectivity index (χ1v) is 6.31. The number of ether oxygens (including phenoxy) is 1. The maximum absolute atomic E-state index is 11.8. The van der Waals surface area contributed by atoms with Gasteiger partial charge in [-0.3, -0.25) is 9.63 Å². The minimum atomic E-state index is -1.27. The summed E-state index contributed by atoms with van der Waals surface area (Å²) in [5, 5.41) is 5.75. The van der Waals surface area contributed by atoms with Crippen LogP contribution in [-0.4, -0.2) is 62.3 Å². The normalized spacial score (nSPS) is 11.3. The summed E-state index contributed by atoms with van der Waals surface area (Å²) in [5.41, 5.74) is 4.86. The van der Waals surface area contributed by atoms with E-state index in [2.05, 4.69) is 20.2 Å². The lowest BCUT2D eigenvalue weighted by Gasteiger charge is -2.21. The molecule has 4 amide bonds. The van der Waals surface area contributed by atoms with Crippen LogP contribution < -0.4 is 16.4 Å². The molecule has 0 rings (SSSR count). The number of likely N-dealkylation sites (N-methyl/N-ethyl adjacent to an activating group) is 1. The predicted molar refractivity (Wildman–Crippen MR) is 71.0 cm³/mol. The number of primary amides is 1. The summed E-state index contributed by atoms with van der Waals surface area (Å²) in [5.74, 6) is -0.238.